The summed E-state index contributed by atoms with van der Waals surface area (Å²) in [6.07, 6.45) is 4.14. The number of hydrogen-bond acceptors (Lipinski definition) is 5. The number of benzene rings is 1. The van der Waals surface area contributed by atoms with E-state index in [9.17, 15) is 4.79 Å². The van der Waals surface area contributed by atoms with Crippen molar-refractivity contribution >= 4 is 16.8 Å². The Hall–Kier alpha value is -2.93. The van der Waals surface area contributed by atoms with Gasteiger partial charge in [0.15, 0.2) is 0 Å². The molecule has 0 radical (unpaired) electrons. The smallest absolute Gasteiger partial charge is 0.242 e. The maximum Gasteiger partial charge on any atom is 0.242 e. The van der Waals surface area contributed by atoms with Crippen LogP contribution in [-0.4, -0.2) is 37.4 Å². The number of amides is 1. The number of carbonyl (C=O) groups is 1. The zero-order chi connectivity index (χ0) is 19.2. The van der Waals surface area contributed by atoms with Gasteiger partial charge in [-0.3, -0.25) is 4.79 Å². The van der Waals surface area contributed by atoms with Crippen LogP contribution < -0.4 is 10.5 Å². The van der Waals surface area contributed by atoms with E-state index >= 15 is 0 Å². The molecule has 7 heteroatoms. The van der Waals surface area contributed by atoms with Crippen molar-refractivity contribution in [3.63, 3.8) is 0 Å². The fourth-order valence-electron chi connectivity index (χ4n) is 3.43. The van der Waals surface area contributed by atoms with Crippen molar-refractivity contribution in [1.29, 1.82) is 0 Å². The number of hydrogen-bond donors (Lipinski definition) is 1. The van der Waals surface area contributed by atoms with Crippen LogP contribution in [0.1, 0.15) is 25.1 Å². The second kappa shape index (κ2) is 6.35. The Labute approximate surface area is 157 Å². The minimum Gasteiger partial charge on any atom is -0.439 e. The molecule has 2 N–H and O–H groups in total. The van der Waals surface area contributed by atoms with Crippen LogP contribution in [0.3, 0.4) is 0 Å². The highest BCUT2D eigenvalue weighted by Crippen LogP contribution is 2.30. The van der Waals surface area contributed by atoms with Gasteiger partial charge in [0.25, 0.3) is 0 Å². The standard InChI is InChI=1S/C20H23N5O2/c1-20(2,21)19(26)25-9-7-15-16(11-25)22-12-23-18(15)27-14-4-5-17-13(10-14)6-8-24(17)3/h4-6,8,10,12H,7,9,11,21H2,1-3H3. The maximum atomic E-state index is 12.5. The molecule has 0 aliphatic carbocycles. The number of nitrogens with two attached hydrogens (primary N) is 1. The second-order valence-electron chi connectivity index (χ2n) is 7.55. The molecular weight excluding hydrogens is 342 g/mol. The van der Waals surface area contributed by atoms with Crippen molar-refractivity contribution in [1.82, 2.24) is 19.4 Å². The molecule has 0 saturated heterocycles. The maximum absolute atomic E-state index is 12.5. The summed E-state index contributed by atoms with van der Waals surface area (Å²) in [5.74, 6) is 1.20. The van der Waals surface area contributed by atoms with Crippen molar-refractivity contribution in [3.8, 4) is 11.6 Å². The molecule has 0 unspecified atom stereocenters. The number of nitrogens with zero attached hydrogens (tertiary/aromatic N) is 4. The Balaban J connectivity index is 1.59. The van der Waals surface area contributed by atoms with Crippen LogP contribution in [0.5, 0.6) is 11.6 Å². The van der Waals surface area contributed by atoms with Gasteiger partial charge in [-0.05, 0) is 44.5 Å². The summed E-state index contributed by atoms with van der Waals surface area (Å²) in [4.78, 5) is 22.9. The summed E-state index contributed by atoms with van der Waals surface area (Å²) in [6.45, 7) is 4.44. The Morgan fingerprint density at radius 3 is 2.85 bits per heavy atom. The average molecular weight is 365 g/mol. The van der Waals surface area contributed by atoms with E-state index in [0.717, 1.165) is 27.9 Å². The van der Waals surface area contributed by atoms with Gasteiger partial charge in [-0.15, -0.1) is 0 Å². The summed E-state index contributed by atoms with van der Waals surface area (Å²) in [5.41, 5.74) is 7.97. The van der Waals surface area contributed by atoms with Crippen LogP contribution in [-0.2, 0) is 24.8 Å². The molecule has 27 heavy (non-hydrogen) atoms. The number of rotatable bonds is 3. The zero-order valence-electron chi connectivity index (χ0n) is 15.8. The van der Waals surface area contributed by atoms with E-state index in [1.807, 2.05) is 31.4 Å². The minimum absolute atomic E-state index is 0.0799. The molecule has 4 rings (SSSR count). The van der Waals surface area contributed by atoms with Crippen molar-refractivity contribution in [3.05, 3.63) is 48.0 Å². The van der Waals surface area contributed by atoms with Crippen molar-refractivity contribution in [2.45, 2.75) is 32.4 Å². The fraction of sp³-hybridized carbons (Fsp3) is 0.350. The molecule has 1 aliphatic heterocycles. The van der Waals surface area contributed by atoms with Crippen LogP contribution in [0.15, 0.2) is 36.8 Å². The van der Waals surface area contributed by atoms with Gasteiger partial charge in [0, 0.05) is 36.3 Å². The molecule has 0 atom stereocenters. The summed E-state index contributed by atoms with van der Waals surface area (Å²) in [7, 11) is 2.01. The van der Waals surface area contributed by atoms with Crippen LogP contribution in [0, 0.1) is 0 Å². The molecule has 0 saturated carbocycles. The molecule has 1 aromatic carbocycles. The monoisotopic (exact) mass is 365 g/mol. The Bertz CT molecular complexity index is 1020. The van der Waals surface area contributed by atoms with Crippen molar-refractivity contribution in [2.24, 2.45) is 12.8 Å². The first kappa shape index (κ1) is 17.5. The van der Waals surface area contributed by atoms with E-state index in [4.69, 9.17) is 10.5 Å². The summed E-state index contributed by atoms with van der Waals surface area (Å²) >= 11 is 0. The lowest BCUT2D eigenvalue weighted by Crippen LogP contribution is -2.52. The number of ether oxygens (including phenoxy) is 1. The molecule has 0 fully saturated rings. The third-order valence-electron chi connectivity index (χ3n) is 4.88. The van der Waals surface area contributed by atoms with Gasteiger partial charge < -0.3 is 19.9 Å². The molecule has 3 heterocycles. The van der Waals surface area contributed by atoms with Crippen molar-refractivity contribution in [2.75, 3.05) is 6.54 Å². The summed E-state index contributed by atoms with van der Waals surface area (Å²) in [6, 6.07) is 8.02. The molecule has 140 valence electrons. The molecule has 3 aromatic rings. The van der Waals surface area contributed by atoms with Crippen LogP contribution in [0.25, 0.3) is 10.9 Å². The first-order valence-corrected chi connectivity index (χ1v) is 8.97. The highest BCUT2D eigenvalue weighted by Gasteiger charge is 2.31. The number of aryl methyl sites for hydroxylation is 1. The highest BCUT2D eigenvalue weighted by atomic mass is 16.5. The first-order valence-electron chi connectivity index (χ1n) is 8.97. The van der Waals surface area contributed by atoms with Gasteiger partial charge in [-0.2, -0.15) is 0 Å². The third kappa shape index (κ3) is 3.26. The number of aromatic nitrogens is 3. The number of fused-ring (bicyclic) bond motifs is 2. The SMILES string of the molecule is Cn1ccc2cc(Oc3ncnc4c3CCN(C(=O)C(C)(C)N)C4)ccc21. The molecule has 2 aromatic heterocycles. The second-order valence-corrected chi connectivity index (χ2v) is 7.55. The molecule has 1 aliphatic rings. The lowest BCUT2D eigenvalue weighted by Gasteiger charge is -2.33. The zero-order valence-corrected chi connectivity index (χ0v) is 15.8. The number of carbonyl (C=O) groups excluding carboxylic acids is 1. The predicted molar refractivity (Wildman–Crippen MR) is 102 cm³/mol. The van der Waals surface area contributed by atoms with Crippen LogP contribution in [0.2, 0.25) is 0 Å². The van der Waals surface area contributed by atoms with Gasteiger partial charge in [0.1, 0.15) is 12.1 Å². The van der Waals surface area contributed by atoms with Crippen molar-refractivity contribution < 1.29 is 9.53 Å². The quantitative estimate of drug-likeness (QED) is 0.770. The Morgan fingerprint density at radius 2 is 2.07 bits per heavy atom. The van der Waals surface area contributed by atoms with Gasteiger partial charge in [-0.1, -0.05) is 0 Å². The van der Waals surface area contributed by atoms with E-state index < -0.39 is 5.54 Å². The largest absolute Gasteiger partial charge is 0.439 e. The van der Waals surface area contributed by atoms with Gasteiger partial charge in [0.05, 0.1) is 17.8 Å². The highest BCUT2D eigenvalue weighted by molar-refractivity contribution is 5.85. The van der Waals surface area contributed by atoms with Crippen LogP contribution in [0.4, 0.5) is 0 Å². The minimum atomic E-state index is -0.894. The molecule has 0 spiro atoms. The van der Waals surface area contributed by atoms with Gasteiger partial charge >= 0.3 is 0 Å². The lowest BCUT2D eigenvalue weighted by atomic mass is 10.0. The molecule has 1 amide bonds. The van der Waals surface area contributed by atoms with E-state index in [2.05, 4.69) is 20.6 Å². The topological polar surface area (TPSA) is 86.3 Å². The Morgan fingerprint density at radius 1 is 1.26 bits per heavy atom. The average Bonchev–Trinajstić information content (AvgIpc) is 3.00. The predicted octanol–water partition coefficient (Wildman–Crippen LogP) is 2.38. The van der Waals surface area contributed by atoms with E-state index in [1.54, 1.807) is 18.7 Å². The van der Waals surface area contributed by atoms with Crippen LogP contribution >= 0.6 is 0 Å². The van der Waals surface area contributed by atoms with E-state index in [-0.39, 0.29) is 5.91 Å². The molecular formula is C20H23N5O2. The Kier molecular flexibility index (Phi) is 4.11. The normalized spacial score (nSPS) is 14.3. The first-order chi connectivity index (χ1) is 12.8. The van der Waals surface area contributed by atoms with E-state index in [0.29, 0.717) is 25.4 Å². The summed E-state index contributed by atoms with van der Waals surface area (Å²) < 4.78 is 8.13. The summed E-state index contributed by atoms with van der Waals surface area (Å²) in [5, 5.41) is 1.11. The molecule has 0 bridgehead atoms. The lowest BCUT2D eigenvalue weighted by molar-refractivity contribution is -0.136. The van der Waals surface area contributed by atoms with Gasteiger partial charge in [-0.25, -0.2) is 9.97 Å². The third-order valence-corrected chi connectivity index (χ3v) is 4.88. The van der Waals surface area contributed by atoms with Gasteiger partial charge in [0.2, 0.25) is 11.8 Å². The van der Waals surface area contributed by atoms with E-state index in [1.165, 1.54) is 6.33 Å². The molecule has 7 nitrogen and oxygen atoms in total. The fourth-order valence-corrected chi connectivity index (χ4v) is 3.43.